The van der Waals surface area contributed by atoms with Gasteiger partial charge in [-0.1, -0.05) is 11.6 Å². The molecular formula is C10H10BrClN2O2. The number of carbonyl (C=O) groups excluding carboxylic acids is 1. The van der Waals surface area contributed by atoms with Gasteiger partial charge in [-0.2, -0.15) is 0 Å². The lowest BCUT2D eigenvalue weighted by Crippen LogP contribution is -2.40. The molecule has 0 radical (unpaired) electrons. The number of pyridine rings is 1. The molecule has 0 aliphatic carbocycles. The number of rotatable bonds is 1. The van der Waals surface area contributed by atoms with E-state index >= 15 is 0 Å². The summed E-state index contributed by atoms with van der Waals surface area (Å²) >= 11 is 9.02. The van der Waals surface area contributed by atoms with E-state index < -0.39 is 0 Å². The molecule has 86 valence electrons. The Hall–Kier alpha value is -0.650. The molecule has 0 atom stereocenters. The van der Waals surface area contributed by atoms with Gasteiger partial charge in [-0.25, -0.2) is 4.98 Å². The number of amides is 1. The number of morpholine rings is 1. The lowest BCUT2D eigenvalue weighted by atomic mass is 10.2. The largest absolute Gasteiger partial charge is 0.378 e. The fourth-order valence-corrected chi connectivity index (χ4v) is 1.94. The van der Waals surface area contributed by atoms with Gasteiger partial charge in [0.1, 0.15) is 5.15 Å². The second-order valence-corrected chi connectivity index (χ2v) is 4.61. The summed E-state index contributed by atoms with van der Waals surface area (Å²) in [5.41, 5.74) is 0.540. The molecule has 1 saturated heterocycles. The fourth-order valence-electron chi connectivity index (χ4n) is 1.49. The Morgan fingerprint density at radius 1 is 1.50 bits per heavy atom. The van der Waals surface area contributed by atoms with E-state index in [2.05, 4.69) is 20.9 Å². The third-order valence-corrected chi connectivity index (χ3v) is 3.48. The summed E-state index contributed by atoms with van der Waals surface area (Å²) in [7, 11) is 0. The van der Waals surface area contributed by atoms with E-state index in [1.807, 2.05) is 0 Å². The number of aromatic nitrogens is 1. The van der Waals surface area contributed by atoms with E-state index in [1.165, 1.54) is 6.20 Å². The number of hydrogen-bond acceptors (Lipinski definition) is 3. The third kappa shape index (κ3) is 2.53. The summed E-state index contributed by atoms with van der Waals surface area (Å²) in [5, 5.41) is 0.360. The highest BCUT2D eigenvalue weighted by molar-refractivity contribution is 9.10. The highest BCUT2D eigenvalue weighted by Gasteiger charge is 2.19. The highest BCUT2D eigenvalue weighted by Crippen LogP contribution is 2.21. The van der Waals surface area contributed by atoms with E-state index in [4.69, 9.17) is 16.3 Å². The molecule has 4 nitrogen and oxygen atoms in total. The molecule has 0 bridgehead atoms. The first-order valence-corrected chi connectivity index (χ1v) is 6.03. The van der Waals surface area contributed by atoms with Gasteiger partial charge >= 0.3 is 0 Å². The zero-order valence-electron chi connectivity index (χ0n) is 8.45. The normalized spacial score (nSPS) is 16.2. The molecular weight excluding hydrogens is 295 g/mol. The lowest BCUT2D eigenvalue weighted by molar-refractivity contribution is 0.0302. The van der Waals surface area contributed by atoms with Gasteiger partial charge in [0.25, 0.3) is 5.91 Å². The van der Waals surface area contributed by atoms with Gasteiger partial charge in [0.15, 0.2) is 0 Å². The Morgan fingerprint density at radius 2 is 2.19 bits per heavy atom. The number of carbonyl (C=O) groups is 1. The predicted octanol–water partition coefficient (Wildman–Crippen LogP) is 1.97. The first kappa shape index (κ1) is 11.8. The molecule has 0 saturated carbocycles. The summed E-state index contributed by atoms with van der Waals surface area (Å²) in [5.74, 6) is -0.0341. The van der Waals surface area contributed by atoms with Crippen molar-refractivity contribution < 1.29 is 9.53 Å². The van der Waals surface area contributed by atoms with Gasteiger partial charge in [-0.3, -0.25) is 4.79 Å². The summed E-state index contributed by atoms with van der Waals surface area (Å²) in [6, 6.07) is 1.69. The molecule has 6 heteroatoms. The van der Waals surface area contributed by atoms with Crippen LogP contribution in [0.5, 0.6) is 0 Å². The van der Waals surface area contributed by atoms with Crippen molar-refractivity contribution in [1.29, 1.82) is 0 Å². The molecule has 1 aromatic rings. The average molecular weight is 306 g/mol. The fraction of sp³-hybridized carbons (Fsp3) is 0.400. The first-order valence-electron chi connectivity index (χ1n) is 4.86. The smallest absolute Gasteiger partial charge is 0.255 e. The van der Waals surface area contributed by atoms with E-state index in [0.29, 0.717) is 41.5 Å². The third-order valence-electron chi connectivity index (χ3n) is 2.34. The molecule has 0 aromatic carbocycles. The molecule has 1 aliphatic heterocycles. The molecule has 1 fully saturated rings. The Bertz CT molecular complexity index is 408. The molecule has 0 unspecified atom stereocenters. The van der Waals surface area contributed by atoms with Crippen molar-refractivity contribution >= 4 is 33.4 Å². The zero-order valence-corrected chi connectivity index (χ0v) is 10.8. The van der Waals surface area contributed by atoms with Crippen molar-refractivity contribution in [3.05, 3.63) is 27.5 Å². The molecule has 0 spiro atoms. The molecule has 2 rings (SSSR count). The summed E-state index contributed by atoms with van der Waals surface area (Å²) in [4.78, 5) is 17.7. The van der Waals surface area contributed by atoms with Crippen LogP contribution in [0.25, 0.3) is 0 Å². The minimum absolute atomic E-state index is 0.0341. The maximum absolute atomic E-state index is 12.0. The standard InChI is InChI=1S/C10H10BrClN2O2/c11-8-5-7(6-13-9(8)12)10(15)14-1-3-16-4-2-14/h5-6H,1-4H2. The SMILES string of the molecule is O=C(c1cnc(Cl)c(Br)c1)N1CCOCC1. The summed E-state index contributed by atoms with van der Waals surface area (Å²) in [6.07, 6.45) is 1.49. The maximum Gasteiger partial charge on any atom is 0.255 e. The van der Waals surface area contributed by atoms with Crippen LogP contribution in [0.2, 0.25) is 5.15 Å². The number of hydrogen-bond donors (Lipinski definition) is 0. The summed E-state index contributed by atoms with van der Waals surface area (Å²) in [6.45, 7) is 2.43. The molecule has 2 heterocycles. The quantitative estimate of drug-likeness (QED) is 0.745. The average Bonchev–Trinajstić information content (AvgIpc) is 2.33. The molecule has 0 N–H and O–H groups in total. The molecule has 1 amide bonds. The van der Waals surface area contributed by atoms with E-state index in [1.54, 1.807) is 11.0 Å². The van der Waals surface area contributed by atoms with Crippen molar-refractivity contribution in [3.63, 3.8) is 0 Å². The maximum atomic E-state index is 12.0. The van der Waals surface area contributed by atoms with Crippen LogP contribution < -0.4 is 0 Å². The van der Waals surface area contributed by atoms with Crippen molar-refractivity contribution in [2.75, 3.05) is 26.3 Å². The van der Waals surface area contributed by atoms with Crippen LogP contribution in [0.3, 0.4) is 0 Å². The minimum atomic E-state index is -0.0341. The van der Waals surface area contributed by atoms with Gasteiger partial charge in [0, 0.05) is 19.3 Å². The van der Waals surface area contributed by atoms with Crippen LogP contribution >= 0.6 is 27.5 Å². The van der Waals surface area contributed by atoms with Crippen molar-refractivity contribution in [2.45, 2.75) is 0 Å². The Balaban J connectivity index is 2.16. The van der Waals surface area contributed by atoms with Crippen LogP contribution in [0.1, 0.15) is 10.4 Å². The number of nitrogens with zero attached hydrogens (tertiary/aromatic N) is 2. The van der Waals surface area contributed by atoms with Gasteiger partial charge in [-0.05, 0) is 22.0 Å². The van der Waals surface area contributed by atoms with Crippen molar-refractivity contribution in [2.24, 2.45) is 0 Å². The Morgan fingerprint density at radius 3 is 2.81 bits per heavy atom. The van der Waals surface area contributed by atoms with Gasteiger partial charge in [0.05, 0.1) is 23.2 Å². The number of ether oxygens (including phenoxy) is 1. The van der Waals surface area contributed by atoms with E-state index in [0.717, 1.165) is 0 Å². The van der Waals surface area contributed by atoms with Crippen molar-refractivity contribution in [3.8, 4) is 0 Å². The van der Waals surface area contributed by atoms with Gasteiger partial charge in [0.2, 0.25) is 0 Å². The van der Waals surface area contributed by atoms with Crippen LogP contribution in [0.15, 0.2) is 16.7 Å². The van der Waals surface area contributed by atoms with Crippen LogP contribution in [0, 0.1) is 0 Å². The van der Waals surface area contributed by atoms with Crippen LogP contribution in [-0.4, -0.2) is 42.1 Å². The summed E-state index contributed by atoms with van der Waals surface area (Å²) < 4.78 is 5.82. The minimum Gasteiger partial charge on any atom is -0.378 e. The number of halogens is 2. The molecule has 16 heavy (non-hydrogen) atoms. The van der Waals surface area contributed by atoms with E-state index in [-0.39, 0.29) is 5.91 Å². The first-order chi connectivity index (χ1) is 7.68. The van der Waals surface area contributed by atoms with Gasteiger partial charge < -0.3 is 9.64 Å². The van der Waals surface area contributed by atoms with Crippen LogP contribution in [-0.2, 0) is 4.74 Å². The lowest BCUT2D eigenvalue weighted by Gasteiger charge is -2.26. The second kappa shape index (κ2) is 5.12. The Labute approximate surface area is 107 Å². The van der Waals surface area contributed by atoms with E-state index in [9.17, 15) is 4.79 Å². The van der Waals surface area contributed by atoms with Crippen molar-refractivity contribution in [1.82, 2.24) is 9.88 Å². The topological polar surface area (TPSA) is 42.4 Å². The predicted molar refractivity (Wildman–Crippen MR) is 63.7 cm³/mol. The highest BCUT2D eigenvalue weighted by atomic mass is 79.9. The zero-order chi connectivity index (χ0) is 11.5. The molecule has 1 aliphatic rings. The monoisotopic (exact) mass is 304 g/mol. The molecule has 1 aromatic heterocycles. The van der Waals surface area contributed by atoms with Crippen LogP contribution in [0.4, 0.5) is 0 Å². The Kier molecular flexibility index (Phi) is 3.78. The van der Waals surface area contributed by atoms with Gasteiger partial charge in [-0.15, -0.1) is 0 Å². The second-order valence-electron chi connectivity index (χ2n) is 3.40.